The van der Waals surface area contributed by atoms with E-state index in [1.165, 1.54) is 22.3 Å². The van der Waals surface area contributed by atoms with Crippen molar-refractivity contribution in [3.8, 4) is 22.3 Å². The van der Waals surface area contributed by atoms with Crippen LogP contribution in [0, 0.1) is 0 Å². The number of benzene rings is 3. The van der Waals surface area contributed by atoms with Gasteiger partial charge in [0.2, 0.25) is 0 Å². The van der Waals surface area contributed by atoms with Crippen LogP contribution in [-0.4, -0.2) is 64.1 Å². The van der Waals surface area contributed by atoms with E-state index in [1.807, 2.05) is 13.8 Å². The lowest BCUT2D eigenvalue weighted by molar-refractivity contribution is -0.0167. The Morgan fingerprint density at radius 3 is 1.21 bits per heavy atom. The molecule has 0 bridgehead atoms. The Morgan fingerprint density at radius 2 is 0.895 bits per heavy atom. The van der Waals surface area contributed by atoms with Crippen molar-refractivity contribution in [1.82, 2.24) is 0 Å². The summed E-state index contributed by atoms with van der Waals surface area (Å²) in [5, 5.41) is 0. The summed E-state index contributed by atoms with van der Waals surface area (Å²) in [4.78, 5) is 0. The second kappa shape index (κ2) is 13.5. The molecular weight excluding hydrogens is 480 g/mol. The van der Waals surface area contributed by atoms with Crippen molar-refractivity contribution in [3.63, 3.8) is 0 Å². The molecule has 6 heteroatoms. The van der Waals surface area contributed by atoms with Crippen molar-refractivity contribution in [1.29, 1.82) is 0 Å². The van der Waals surface area contributed by atoms with Gasteiger partial charge in [-0.05, 0) is 47.2 Å². The standard InChI is InChI=1S/C32H38O6/c1-23(35-19-31-21-37-31)15-33-17-25-3-7-27(8-4-25)29-11-13-30(14-12-29)28-9-5-26(6-10-28)18-34-16-24(2)36-20-32-22-38-32/h3-14,23-24,31-32H,15-22H2,1-2H3. The molecule has 5 rings (SSSR count). The predicted octanol–water partition coefficient (Wildman–Crippen LogP) is 5.66. The van der Waals surface area contributed by atoms with Crippen molar-refractivity contribution < 1.29 is 28.4 Å². The van der Waals surface area contributed by atoms with Crippen molar-refractivity contribution in [2.45, 2.75) is 51.5 Å². The molecule has 2 heterocycles. The molecule has 0 aromatic heterocycles. The Hall–Kier alpha value is -2.58. The first-order chi connectivity index (χ1) is 18.6. The molecule has 0 aliphatic carbocycles. The molecule has 4 unspecified atom stereocenters. The average molecular weight is 519 g/mol. The van der Waals surface area contributed by atoms with Gasteiger partial charge in [-0.1, -0.05) is 72.8 Å². The summed E-state index contributed by atoms with van der Waals surface area (Å²) in [5.41, 5.74) is 7.08. The molecule has 2 aliphatic rings. The summed E-state index contributed by atoms with van der Waals surface area (Å²) in [7, 11) is 0. The minimum Gasteiger partial charge on any atom is -0.374 e. The molecule has 0 saturated carbocycles. The van der Waals surface area contributed by atoms with E-state index in [-0.39, 0.29) is 24.4 Å². The van der Waals surface area contributed by atoms with Gasteiger partial charge >= 0.3 is 0 Å². The highest BCUT2D eigenvalue weighted by atomic mass is 16.6. The fraction of sp³-hybridized carbons (Fsp3) is 0.438. The van der Waals surface area contributed by atoms with E-state index < -0.39 is 0 Å². The van der Waals surface area contributed by atoms with Crippen molar-refractivity contribution >= 4 is 0 Å². The van der Waals surface area contributed by atoms with Crippen LogP contribution in [0.3, 0.4) is 0 Å². The molecular formula is C32H38O6. The molecule has 0 spiro atoms. The van der Waals surface area contributed by atoms with Crippen molar-refractivity contribution in [3.05, 3.63) is 83.9 Å². The third-order valence-corrected chi connectivity index (χ3v) is 6.64. The Balaban J connectivity index is 1.05. The van der Waals surface area contributed by atoms with E-state index >= 15 is 0 Å². The van der Waals surface area contributed by atoms with Gasteiger partial charge in [-0.25, -0.2) is 0 Å². The topological polar surface area (TPSA) is 62.0 Å². The zero-order valence-electron chi connectivity index (χ0n) is 22.3. The van der Waals surface area contributed by atoms with Crippen molar-refractivity contribution in [2.75, 3.05) is 39.6 Å². The van der Waals surface area contributed by atoms with Crippen LogP contribution in [0.2, 0.25) is 0 Å². The SMILES string of the molecule is CC(COCc1ccc(-c2ccc(-c3ccc(COCC(C)OCC4CO4)cc3)cc2)cc1)OCC1CO1. The van der Waals surface area contributed by atoms with Crippen LogP contribution >= 0.6 is 0 Å². The maximum Gasteiger partial charge on any atom is 0.104 e. The van der Waals surface area contributed by atoms with Gasteiger partial charge < -0.3 is 28.4 Å². The normalized spacial score (nSPS) is 19.7. The van der Waals surface area contributed by atoms with E-state index in [4.69, 9.17) is 28.4 Å². The maximum absolute atomic E-state index is 5.82. The fourth-order valence-corrected chi connectivity index (χ4v) is 4.10. The molecule has 3 aromatic carbocycles. The van der Waals surface area contributed by atoms with Gasteiger partial charge in [0.15, 0.2) is 0 Å². The smallest absolute Gasteiger partial charge is 0.104 e. The zero-order valence-corrected chi connectivity index (χ0v) is 22.3. The molecule has 6 nitrogen and oxygen atoms in total. The molecule has 202 valence electrons. The lowest BCUT2D eigenvalue weighted by Crippen LogP contribution is -2.18. The van der Waals surface area contributed by atoms with Gasteiger partial charge in [0.25, 0.3) is 0 Å². The highest BCUT2D eigenvalue weighted by Crippen LogP contribution is 2.26. The fourth-order valence-electron chi connectivity index (χ4n) is 4.10. The van der Waals surface area contributed by atoms with Crippen LogP contribution < -0.4 is 0 Å². The van der Waals surface area contributed by atoms with Gasteiger partial charge in [-0.15, -0.1) is 0 Å². The summed E-state index contributed by atoms with van der Waals surface area (Å²) < 4.78 is 33.4. The van der Waals surface area contributed by atoms with Crippen molar-refractivity contribution in [2.24, 2.45) is 0 Å². The van der Waals surface area contributed by atoms with Crippen LogP contribution in [0.15, 0.2) is 72.8 Å². The van der Waals surface area contributed by atoms with Gasteiger partial charge in [-0.3, -0.25) is 0 Å². The Kier molecular flexibility index (Phi) is 9.57. The highest BCUT2D eigenvalue weighted by molar-refractivity contribution is 5.70. The van der Waals surface area contributed by atoms with Gasteiger partial charge in [-0.2, -0.15) is 0 Å². The summed E-state index contributed by atoms with van der Waals surface area (Å²) in [6.07, 6.45) is 0.723. The van der Waals surface area contributed by atoms with E-state index in [1.54, 1.807) is 0 Å². The third-order valence-electron chi connectivity index (χ3n) is 6.64. The molecule has 2 fully saturated rings. The van der Waals surface area contributed by atoms with E-state index in [2.05, 4.69) is 72.8 Å². The molecule has 38 heavy (non-hydrogen) atoms. The molecule has 0 N–H and O–H groups in total. The number of hydrogen-bond donors (Lipinski definition) is 0. The first-order valence-electron chi connectivity index (χ1n) is 13.5. The zero-order chi connectivity index (χ0) is 26.2. The molecule has 0 amide bonds. The molecule has 3 aromatic rings. The number of rotatable bonds is 16. The molecule has 4 atom stereocenters. The maximum atomic E-state index is 5.82. The third kappa shape index (κ3) is 8.73. The van der Waals surface area contributed by atoms with Gasteiger partial charge in [0, 0.05) is 0 Å². The lowest BCUT2D eigenvalue weighted by atomic mass is 9.99. The van der Waals surface area contributed by atoms with E-state index in [0.29, 0.717) is 39.6 Å². The van der Waals surface area contributed by atoms with E-state index in [9.17, 15) is 0 Å². The number of hydrogen-bond acceptors (Lipinski definition) is 6. The van der Waals surface area contributed by atoms with Crippen LogP contribution in [0.25, 0.3) is 22.3 Å². The highest BCUT2D eigenvalue weighted by Gasteiger charge is 2.24. The predicted molar refractivity (Wildman–Crippen MR) is 147 cm³/mol. The quantitative estimate of drug-likeness (QED) is 0.228. The largest absolute Gasteiger partial charge is 0.374 e. The van der Waals surface area contributed by atoms with E-state index in [0.717, 1.165) is 24.3 Å². The minimum atomic E-state index is 0.0722. The number of ether oxygens (including phenoxy) is 6. The monoisotopic (exact) mass is 518 g/mol. The Morgan fingerprint density at radius 1 is 0.579 bits per heavy atom. The van der Waals surface area contributed by atoms with Crippen LogP contribution in [0.1, 0.15) is 25.0 Å². The van der Waals surface area contributed by atoms with Crippen LogP contribution in [-0.2, 0) is 41.6 Å². The first kappa shape index (κ1) is 27.0. The molecule has 0 radical (unpaired) electrons. The van der Waals surface area contributed by atoms with Crippen LogP contribution in [0.5, 0.6) is 0 Å². The second-order valence-electron chi connectivity index (χ2n) is 10.2. The molecule has 2 aliphatic heterocycles. The number of epoxide rings is 2. The Bertz CT molecular complexity index is 1010. The minimum absolute atomic E-state index is 0.0722. The second-order valence-corrected chi connectivity index (χ2v) is 10.2. The summed E-state index contributed by atoms with van der Waals surface area (Å²) in [6, 6.07) is 25.8. The summed E-state index contributed by atoms with van der Waals surface area (Å²) >= 11 is 0. The summed E-state index contributed by atoms with van der Waals surface area (Å²) in [6.45, 7) is 9.33. The molecule has 2 saturated heterocycles. The summed E-state index contributed by atoms with van der Waals surface area (Å²) in [5.74, 6) is 0. The van der Waals surface area contributed by atoms with Gasteiger partial charge in [0.1, 0.15) is 12.2 Å². The average Bonchev–Trinajstić information content (AvgIpc) is 3.87. The first-order valence-corrected chi connectivity index (χ1v) is 13.5. The Labute approximate surface area is 225 Å². The lowest BCUT2D eigenvalue weighted by Gasteiger charge is -2.13. The van der Waals surface area contributed by atoms with Crippen LogP contribution in [0.4, 0.5) is 0 Å². The van der Waals surface area contributed by atoms with Gasteiger partial charge in [0.05, 0.1) is 65.1 Å².